The first-order chi connectivity index (χ1) is 18.6. The van der Waals surface area contributed by atoms with Crippen molar-refractivity contribution < 1.29 is 23.1 Å². The van der Waals surface area contributed by atoms with Gasteiger partial charge in [-0.3, -0.25) is 14.4 Å². The summed E-state index contributed by atoms with van der Waals surface area (Å²) in [4.78, 5) is 35.7. The number of aromatic nitrogens is 4. The van der Waals surface area contributed by atoms with Crippen LogP contribution in [-0.2, 0) is 12.7 Å². The van der Waals surface area contributed by atoms with Crippen molar-refractivity contribution >= 4 is 17.3 Å². The first-order valence-corrected chi connectivity index (χ1v) is 11.3. The molecule has 5 aromatic rings. The van der Waals surface area contributed by atoms with E-state index < -0.39 is 34.3 Å². The fourth-order valence-corrected chi connectivity index (χ4v) is 3.83. The number of hydrogen-bond donors (Lipinski definition) is 4. The van der Waals surface area contributed by atoms with Gasteiger partial charge in [-0.1, -0.05) is 24.3 Å². The Balaban J connectivity index is 1.34. The molecule has 0 aliphatic rings. The number of nitrogens with zero attached hydrogens (tertiary/aromatic N) is 3. The Morgan fingerprint density at radius 3 is 2.21 bits per heavy atom. The van der Waals surface area contributed by atoms with E-state index in [1.165, 1.54) is 12.1 Å². The number of halogens is 3. The molecule has 1 heterocycles. The summed E-state index contributed by atoms with van der Waals surface area (Å²) in [6.07, 6.45) is -4.43. The molecule has 1 amide bonds. The average Bonchev–Trinajstić information content (AvgIpc) is 3.49. The Hall–Kier alpha value is -5.33. The molecule has 196 valence electrons. The van der Waals surface area contributed by atoms with Crippen LogP contribution in [0.5, 0.6) is 5.75 Å². The van der Waals surface area contributed by atoms with Crippen molar-refractivity contribution in [3.8, 4) is 28.3 Å². The highest BCUT2D eigenvalue weighted by molar-refractivity contribution is 5.94. The summed E-state index contributed by atoms with van der Waals surface area (Å²) in [5.41, 5.74) is 0.273. The number of carbonyl (C=O) groups excluding carboxylic acids is 1. The molecular weight excluding hydrogens is 517 g/mol. The molecule has 13 heteroatoms. The van der Waals surface area contributed by atoms with Gasteiger partial charge < -0.3 is 15.7 Å². The number of carbonyl (C=O) groups is 1. The predicted molar refractivity (Wildman–Crippen MR) is 134 cm³/mol. The minimum atomic E-state index is -4.43. The first kappa shape index (κ1) is 25.3. The van der Waals surface area contributed by atoms with Crippen LogP contribution < -0.4 is 21.5 Å². The minimum absolute atomic E-state index is 0.0466. The van der Waals surface area contributed by atoms with E-state index in [-0.39, 0.29) is 12.2 Å². The van der Waals surface area contributed by atoms with E-state index in [1.54, 1.807) is 42.5 Å². The van der Waals surface area contributed by atoms with Crippen LogP contribution in [0, 0.1) is 0 Å². The van der Waals surface area contributed by atoms with Crippen LogP contribution in [0.2, 0.25) is 0 Å². The van der Waals surface area contributed by atoms with Crippen molar-refractivity contribution in [3.63, 3.8) is 0 Å². The molecule has 10 nitrogen and oxygen atoms in total. The molecule has 1 aromatic heterocycles. The molecule has 0 bridgehead atoms. The molecule has 0 saturated carbocycles. The second kappa shape index (κ2) is 9.85. The van der Waals surface area contributed by atoms with Crippen LogP contribution in [-0.4, -0.2) is 31.6 Å². The summed E-state index contributed by atoms with van der Waals surface area (Å²) in [5, 5.41) is 28.8. The maximum Gasteiger partial charge on any atom is 0.416 e. The molecule has 0 atom stereocenters. The van der Waals surface area contributed by atoms with E-state index in [0.717, 1.165) is 12.1 Å². The first-order valence-electron chi connectivity index (χ1n) is 11.3. The number of rotatable bonds is 7. The molecule has 0 spiro atoms. The third-order valence-electron chi connectivity index (χ3n) is 5.92. The third-order valence-corrected chi connectivity index (χ3v) is 5.92. The van der Waals surface area contributed by atoms with Gasteiger partial charge in [0.25, 0.3) is 16.8 Å². The van der Waals surface area contributed by atoms with Crippen molar-refractivity contribution in [2.75, 3.05) is 5.32 Å². The molecule has 0 saturated heterocycles. The van der Waals surface area contributed by atoms with E-state index in [2.05, 4.69) is 31.3 Å². The standard InChI is InChI=1S/C26H17F3N6O4/c27-26(28,29)18-7-1-13(2-8-18)12-30-25(39)15-5-3-14(4-6-15)16-9-17(24-32-34-35-33-24)11-19(10-16)31-20-21(36)23(38)22(20)37/h1-11,31,36H,12H2,(H,30,39)(H,32,33,34,35). The summed E-state index contributed by atoms with van der Waals surface area (Å²) in [7, 11) is 0. The second-order valence-corrected chi connectivity index (χ2v) is 8.51. The highest BCUT2D eigenvalue weighted by Gasteiger charge is 2.30. The van der Waals surface area contributed by atoms with Gasteiger partial charge >= 0.3 is 6.18 Å². The Kier molecular flexibility index (Phi) is 6.40. The maximum absolute atomic E-state index is 12.7. The van der Waals surface area contributed by atoms with Gasteiger partial charge in [0.2, 0.25) is 0 Å². The summed E-state index contributed by atoms with van der Waals surface area (Å²) < 4.78 is 38.2. The van der Waals surface area contributed by atoms with Gasteiger partial charge in [-0.25, -0.2) is 5.10 Å². The lowest BCUT2D eigenvalue weighted by atomic mass is 10.00. The highest BCUT2D eigenvalue weighted by Crippen LogP contribution is 2.32. The lowest BCUT2D eigenvalue weighted by molar-refractivity contribution is -0.137. The molecule has 0 radical (unpaired) electrons. The molecule has 0 aliphatic carbocycles. The number of aromatic amines is 1. The zero-order valence-corrected chi connectivity index (χ0v) is 19.7. The maximum atomic E-state index is 12.7. The van der Waals surface area contributed by atoms with Crippen molar-refractivity contribution in [2.45, 2.75) is 12.7 Å². The van der Waals surface area contributed by atoms with E-state index in [1.807, 2.05) is 0 Å². The number of anilines is 2. The number of hydrogen-bond acceptors (Lipinski definition) is 8. The van der Waals surface area contributed by atoms with Crippen LogP contribution in [0.15, 0.2) is 76.3 Å². The molecule has 4 N–H and O–H groups in total. The van der Waals surface area contributed by atoms with Crippen LogP contribution in [0.4, 0.5) is 24.5 Å². The number of aromatic hydroxyl groups is 1. The van der Waals surface area contributed by atoms with Crippen LogP contribution in [0.1, 0.15) is 21.5 Å². The SMILES string of the molecule is O=C(NCc1ccc(C(F)(F)F)cc1)c1ccc(-c2cc(Nc3c(O)c(=O)c3=O)cc(-c3nnn[nH]3)c2)cc1. The molecular formula is C26H17F3N6O4. The Morgan fingerprint density at radius 2 is 1.59 bits per heavy atom. The number of H-pyrrole nitrogens is 1. The largest absolute Gasteiger partial charge is 0.502 e. The second-order valence-electron chi connectivity index (χ2n) is 8.51. The lowest BCUT2D eigenvalue weighted by Gasteiger charge is -2.13. The summed E-state index contributed by atoms with van der Waals surface area (Å²) in [6.45, 7) is 0.0466. The van der Waals surface area contributed by atoms with Crippen molar-refractivity contribution in [2.24, 2.45) is 0 Å². The van der Waals surface area contributed by atoms with Gasteiger partial charge in [-0.15, -0.1) is 5.10 Å². The summed E-state index contributed by atoms with van der Waals surface area (Å²) in [5.74, 6) is -0.741. The highest BCUT2D eigenvalue weighted by atomic mass is 19.4. The molecule has 0 fully saturated rings. The van der Waals surface area contributed by atoms with Crippen molar-refractivity contribution in [1.29, 1.82) is 0 Å². The van der Waals surface area contributed by atoms with Crippen LogP contribution in [0.3, 0.4) is 0 Å². The zero-order chi connectivity index (χ0) is 27.7. The summed E-state index contributed by atoms with van der Waals surface area (Å²) in [6, 6.07) is 16.1. The monoisotopic (exact) mass is 534 g/mol. The molecule has 39 heavy (non-hydrogen) atoms. The van der Waals surface area contributed by atoms with Crippen LogP contribution in [0.25, 0.3) is 22.5 Å². The van der Waals surface area contributed by atoms with Gasteiger partial charge in [0, 0.05) is 23.4 Å². The Bertz CT molecular complexity index is 1720. The number of amides is 1. The Morgan fingerprint density at radius 1 is 0.897 bits per heavy atom. The fraction of sp³-hybridized carbons (Fsp3) is 0.0769. The van der Waals surface area contributed by atoms with E-state index >= 15 is 0 Å². The van der Waals surface area contributed by atoms with E-state index in [0.29, 0.717) is 39.3 Å². The van der Waals surface area contributed by atoms with Crippen molar-refractivity contribution in [3.05, 3.63) is 104 Å². The predicted octanol–water partition coefficient (Wildman–Crippen LogP) is 3.53. The van der Waals surface area contributed by atoms with Gasteiger partial charge in [0.15, 0.2) is 11.6 Å². The van der Waals surface area contributed by atoms with Crippen LogP contribution >= 0.6 is 0 Å². The topological polar surface area (TPSA) is 150 Å². The van der Waals surface area contributed by atoms with Gasteiger partial charge in [-0.2, -0.15) is 13.2 Å². The fourth-order valence-electron chi connectivity index (χ4n) is 3.83. The quantitative estimate of drug-likeness (QED) is 0.232. The normalized spacial score (nSPS) is 11.5. The van der Waals surface area contributed by atoms with E-state index in [9.17, 15) is 32.7 Å². The lowest BCUT2D eigenvalue weighted by Crippen LogP contribution is -2.32. The van der Waals surface area contributed by atoms with E-state index in [4.69, 9.17) is 0 Å². The number of nitrogens with one attached hydrogen (secondary N) is 3. The number of tetrazole rings is 1. The third kappa shape index (κ3) is 5.23. The average molecular weight is 534 g/mol. The van der Waals surface area contributed by atoms with Gasteiger partial charge in [0.1, 0.15) is 5.69 Å². The molecule has 5 rings (SSSR count). The molecule has 0 unspecified atom stereocenters. The van der Waals surface area contributed by atoms with Gasteiger partial charge in [0.05, 0.1) is 5.56 Å². The Labute approximate surface area is 216 Å². The summed E-state index contributed by atoms with van der Waals surface area (Å²) >= 11 is 0. The zero-order valence-electron chi connectivity index (χ0n) is 19.7. The number of benzene rings is 3. The molecule has 4 aromatic carbocycles. The molecule has 0 aliphatic heterocycles. The minimum Gasteiger partial charge on any atom is -0.502 e. The smallest absolute Gasteiger partial charge is 0.416 e. The number of alkyl halides is 3. The van der Waals surface area contributed by atoms with Crippen molar-refractivity contribution in [1.82, 2.24) is 25.9 Å². The van der Waals surface area contributed by atoms with Gasteiger partial charge in [-0.05, 0) is 69.6 Å².